The van der Waals surface area contributed by atoms with Crippen molar-refractivity contribution in [3.63, 3.8) is 0 Å². The third kappa shape index (κ3) is 4.30. The standard InChI is InChI=1S/C21H21N7O2/c1-14-4-9-19(15(2)10-14)30-20-18(11-27(3)26-20)25-21(29)24-16-5-7-17(8-6-16)28-13-22-12-23-28/h4-13H,1-3H3,(H2,24,25,29). The molecule has 0 aliphatic rings. The molecule has 0 saturated carbocycles. The van der Waals surface area contributed by atoms with Gasteiger partial charge in [0, 0.05) is 12.7 Å². The topological polar surface area (TPSA) is 98.9 Å². The van der Waals surface area contributed by atoms with Crippen molar-refractivity contribution in [2.24, 2.45) is 7.05 Å². The summed E-state index contributed by atoms with van der Waals surface area (Å²) >= 11 is 0. The molecule has 9 heteroatoms. The van der Waals surface area contributed by atoms with Crippen LogP contribution in [-0.2, 0) is 7.05 Å². The van der Waals surface area contributed by atoms with Crippen molar-refractivity contribution in [3.8, 4) is 17.3 Å². The zero-order chi connectivity index (χ0) is 21.1. The Morgan fingerprint density at radius 1 is 1.07 bits per heavy atom. The number of aryl methyl sites for hydroxylation is 3. The highest BCUT2D eigenvalue weighted by Crippen LogP contribution is 2.30. The van der Waals surface area contributed by atoms with Crippen LogP contribution in [0.3, 0.4) is 0 Å². The molecule has 0 saturated heterocycles. The lowest BCUT2D eigenvalue weighted by molar-refractivity contribution is 0.262. The summed E-state index contributed by atoms with van der Waals surface area (Å²) in [6.45, 7) is 3.99. The van der Waals surface area contributed by atoms with Crippen LogP contribution in [0.4, 0.5) is 16.2 Å². The normalized spacial score (nSPS) is 10.6. The van der Waals surface area contributed by atoms with Gasteiger partial charge in [-0.05, 0) is 49.7 Å². The minimum Gasteiger partial charge on any atom is -0.436 e. The number of carbonyl (C=O) groups is 1. The van der Waals surface area contributed by atoms with Crippen LogP contribution in [-0.4, -0.2) is 30.6 Å². The highest BCUT2D eigenvalue weighted by molar-refractivity contribution is 6.00. The van der Waals surface area contributed by atoms with Crippen LogP contribution in [0.25, 0.3) is 5.69 Å². The molecule has 0 aliphatic carbocycles. The highest BCUT2D eigenvalue weighted by atomic mass is 16.5. The van der Waals surface area contributed by atoms with Gasteiger partial charge >= 0.3 is 6.03 Å². The number of nitrogens with zero attached hydrogens (tertiary/aromatic N) is 5. The summed E-state index contributed by atoms with van der Waals surface area (Å²) in [7, 11) is 1.76. The number of ether oxygens (including phenoxy) is 1. The van der Waals surface area contributed by atoms with E-state index in [0.717, 1.165) is 16.8 Å². The van der Waals surface area contributed by atoms with Crippen LogP contribution in [0.5, 0.6) is 11.6 Å². The predicted molar refractivity (Wildman–Crippen MR) is 113 cm³/mol. The Balaban J connectivity index is 1.44. The Kier molecular flexibility index (Phi) is 5.17. The summed E-state index contributed by atoms with van der Waals surface area (Å²) in [5.41, 5.74) is 4.08. The van der Waals surface area contributed by atoms with E-state index in [-0.39, 0.29) is 0 Å². The third-order valence-electron chi connectivity index (χ3n) is 4.39. The first-order chi connectivity index (χ1) is 14.5. The van der Waals surface area contributed by atoms with Crippen LogP contribution in [0.15, 0.2) is 61.3 Å². The monoisotopic (exact) mass is 403 g/mol. The molecule has 0 bridgehead atoms. The SMILES string of the molecule is Cc1ccc(Oc2nn(C)cc2NC(=O)Nc2ccc(-n3cncn3)cc2)c(C)c1. The third-order valence-corrected chi connectivity index (χ3v) is 4.39. The van der Waals surface area contributed by atoms with E-state index >= 15 is 0 Å². The smallest absolute Gasteiger partial charge is 0.323 e. The van der Waals surface area contributed by atoms with Crippen molar-refractivity contribution in [2.45, 2.75) is 13.8 Å². The van der Waals surface area contributed by atoms with E-state index in [2.05, 4.69) is 25.8 Å². The molecule has 4 rings (SSSR count). The second kappa shape index (κ2) is 8.08. The molecule has 2 aromatic carbocycles. The zero-order valence-electron chi connectivity index (χ0n) is 16.8. The van der Waals surface area contributed by atoms with Gasteiger partial charge in [-0.3, -0.25) is 4.68 Å². The first-order valence-corrected chi connectivity index (χ1v) is 9.30. The van der Waals surface area contributed by atoms with Crippen LogP contribution >= 0.6 is 0 Å². The van der Waals surface area contributed by atoms with Crippen LogP contribution in [0.2, 0.25) is 0 Å². The van der Waals surface area contributed by atoms with Gasteiger partial charge in [-0.2, -0.15) is 5.10 Å². The molecule has 0 spiro atoms. The summed E-state index contributed by atoms with van der Waals surface area (Å²) in [6.07, 6.45) is 4.76. The van der Waals surface area contributed by atoms with E-state index < -0.39 is 6.03 Å². The molecule has 2 N–H and O–H groups in total. The summed E-state index contributed by atoms with van der Waals surface area (Å²) in [6, 6.07) is 12.7. The fourth-order valence-corrected chi connectivity index (χ4v) is 2.97. The molecule has 152 valence electrons. The lowest BCUT2D eigenvalue weighted by atomic mass is 10.1. The Morgan fingerprint density at radius 2 is 1.87 bits per heavy atom. The van der Waals surface area contributed by atoms with E-state index in [0.29, 0.717) is 23.0 Å². The van der Waals surface area contributed by atoms with E-state index in [1.807, 2.05) is 44.2 Å². The van der Waals surface area contributed by atoms with Gasteiger partial charge in [0.2, 0.25) is 0 Å². The zero-order valence-corrected chi connectivity index (χ0v) is 16.8. The quantitative estimate of drug-likeness (QED) is 0.524. The average Bonchev–Trinajstić information content (AvgIpc) is 3.35. The number of carbonyl (C=O) groups excluding carboxylic acids is 1. The highest BCUT2D eigenvalue weighted by Gasteiger charge is 2.14. The number of hydrogen-bond donors (Lipinski definition) is 2. The van der Waals surface area contributed by atoms with Crippen molar-refractivity contribution < 1.29 is 9.53 Å². The number of aromatic nitrogens is 5. The van der Waals surface area contributed by atoms with E-state index in [4.69, 9.17) is 4.74 Å². The molecule has 0 fully saturated rings. The molecule has 4 aromatic rings. The van der Waals surface area contributed by atoms with Gasteiger partial charge in [-0.25, -0.2) is 14.5 Å². The Labute approximate surface area is 173 Å². The summed E-state index contributed by atoms with van der Waals surface area (Å²) in [5.74, 6) is 1.01. The van der Waals surface area contributed by atoms with Gasteiger partial charge in [-0.1, -0.05) is 17.7 Å². The first-order valence-electron chi connectivity index (χ1n) is 9.30. The molecule has 9 nitrogen and oxygen atoms in total. The molecule has 0 atom stereocenters. The molecular formula is C21H21N7O2. The summed E-state index contributed by atoms with van der Waals surface area (Å²) < 4.78 is 9.15. The number of anilines is 2. The van der Waals surface area contributed by atoms with Gasteiger partial charge < -0.3 is 15.4 Å². The second-order valence-electron chi connectivity index (χ2n) is 6.86. The number of benzene rings is 2. The largest absolute Gasteiger partial charge is 0.436 e. The fourth-order valence-electron chi connectivity index (χ4n) is 2.97. The van der Waals surface area contributed by atoms with Gasteiger partial charge in [0.1, 0.15) is 24.1 Å². The predicted octanol–water partition coefficient (Wildman–Crippen LogP) is 4.05. The molecule has 30 heavy (non-hydrogen) atoms. The minimum atomic E-state index is -0.401. The second-order valence-corrected chi connectivity index (χ2v) is 6.86. The minimum absolute atomic E-state index is 0.320. The van der Waals surface area contributed by atoms with Crippen LogP contribution in [0, 0.1) is 13.8 Å². The van der Waals surface area contributed by atoms with Crippen LogP contribution < -0.4 is 15.4 Å². The summed E-state index contributed by atoms with van der Waals surface area (Å²) in [4.78, 5) is 16.4. The van der Waals surface area contributed by atoms with Gasteiger partial charge in [0.15, 0.2) is 0 Å². The number of urea groups is 1. The van der Waals surface area contributed by atoms with Gasteiger partial charge in [-0.15, -0.1) is 5.10 Å². The van der Waals surface area contributed by atoms with Crippen molar-refractivity contribution in [1.82, 2.24) is 24.5 Å². The fraction of sp³-hybridized carbons (Fsp3) is 0.143. The Hall–Kier alpha value is -4.14. The van der Waals surface area contributed by atoms with Crippen molar-refractivity contribution in [3.05, 3.63) is 72.4 Å². The average molecular weight is 403 g/mol. The van der Waals surface area contributed by atoms with Gasteiger partial charge in [0.05, 0.1) is 11.9 Å². The van der Waals surface area contributed by atoms with Gasteiger partial charge in [0.25, 0.3) is 5.88 Å². The Bertz CT molecular complexity index is 1160. The molecule has 2 heterocycles. The lowest BCUT2D eigenvalue weighted by Crippen LogP contribution is -2.19. The van der Waals surface area contributed by atoms with E-state index in [1.165, 1.54) is 6.33 Å². The molecule has 0 radical (unpaired) electrons. The van der Waals surface area contributed by atoms with Crippen molar-refractivity contribution >= 4 is 17.4 Å². The van der Waals surface area contributed by atoms with E-state index in [9.17, 15) is 4.79 Å². The maximum Gasteiger partial charge on any atom is 0.323 e. The van der Waals surface area contributed by atoms with Crippen LogP contribution in [0.1, 0.15) is 11.1 Å². The lowest BCUT2D eigenvalue weighted by Gasteiger charge is -2.10. The van der Waals surface area contributed by atoms with Crippen molar-refractivity contribution in [1.29, 1.82) is 0 Å². The summed E-state index contributed by atoms with van der Waals surface area (Å²) in [5, 5.41) is 14.0. The number of nitrogens with one attached hydrogen (secondary N) is 2. The number of rotatable bonds is 5. The Morgan fingerprint density at radius 3 is 2.57 bits per heavy atom. The maximum atomic E-state index is 12.5. The number of hydrogen-bond acceptors (Lipinski definition) is 5. The molecule has 2 amide bonds. The van der Waals surface area contributed by atoms with Crippen molar-refractivity contribution in [2.75, 3.05) is 10.6 Å². The molecular weight excluding hydrogens is 382 g/mol. The molecule has 0 unspecified atom stereocenters. The molecule has 0 aliphatic heterocycles. The number of amides is 2. The molecule has 2 aromatic heterocycles. The van der Waals surface area contributed by atoms with E-state index in [1.54, 1.807) is 41.1 Å². The first kappa shape index (κ1) is 19.2. The maximum absolute atomic E-state index is 12.5.